The smallest absolute Gasteiger partial charge is 0.317 e. The maximum atomic E-state index is 12.9. The summed E-state index contributed by atoms with van der Waals surface area (Å²) in [7, 11) is 0. The number of piperidine rings is 1. The van der Waals surface area contributed by atoms with Crippen LogP contribution < -0.4 is 5.32 Å². The summed E-state index contributed by atoms with van der Waals surface area (Å²) in [6.45, 7) is 2.29. The summed E-state index contributed by atoms with van der Waals surface area (Å²) in [5.74, 6) is 0.804. The van der Waals surface area contributed by atoms with Crippen LogP contribution in [-0.2, 0) is 4.74 Å². The SMILES string of the molecule is O=C(NC1C2CCOC2C12CCC2)N1CCC2(O)CCCCC2C1. The van der Waals surface area contributed by atoms with E-state index in [2.05, 4.69) is 5.32 Å². The van der Waals surface area contributed by atoms with Crippen molar-refractivity contribution in [1.82, 2.24) is 10.2 Å². The number of nitrogens with zero attached hydrogens (tertiary/aromatic N) is 1. The molecule has 0 bridgehead atoms. The second-order valence-electron chi connectivity index (χ2n) is 9.00. The van der Waals surface area contributed by atoms with Crippen LogP contribution in [0.25, 0.3) is 0 Å². The van der Waals surface area contributed by atoms with Crippen LogP contribution in [0.5, 0.6) is 0 Å². The van der Waals surface area contributed by atoms with E-state index >= 15 is 0 Å². The quantitative estimate of drug-likeness (QED) is 0.773. The molecule has 5 nitrogen and oxygen atoms in total. The molecule has 2 aliphatic heterocycles. The lowest BCUT2D eigenvalue weighted by atomic mass is 9.46. The van der Waals surface area contributed by atoms with E-state index in [0.29, 0.717) is 24.6 Å². The van der Waals surface area contributed by atoms with Crippen molar-refractivity contribution in [2.45, 2.75) is 75.5 Å². The molecule has 1 spiro atoms. The Morgan fingerprint density at radius 3 is 2.79 bits per heavy atom. The average molecular weight is 334 g/mol. The number of aliphatic hydroxyl groups is 1. The number of likely N-dealkylation sites (tertiary alicyclic amines) is 1. The molecule has 2 saturated heterocycles. The van der Waals surface area contributed by atoms with E-state index < -0.39 is 5.60 Å². The summed E-state index contributed by atoms with van der Waals surface area (Å²) >= 11 is 0. The van der Waals surface area contributed by atoms with E-state index in [4.69, 9.17) is 4.74 Å². The van der Waals surface area contributed by atoms with E-state index in [-0.39, 0.29) is 17.4 Å². The Kier molecular flexibility index (Phi) is 3.44. The fourth-order valence-corrected chi connectivity index (χ4v) is 6.44. The lowest BCUT2D eigenvalue weighted by Crippen LogP contribution is -2.73. The largest absolute Gasteiger partial charge is 0.389 e. The molecule has 5 unspecified atom stereocenters. The molecule has 2 amide bonds. The Morgan fingerprint density at radius 2 is 2.00 bits per heavy atom. The highest BCUT2D eigenvalue weighted by Gasteiger charge is 2.67. The molecule has 2 heterocycles. The number of carbonyl (C=O) groups excluding carboxylic acids is 1. The second kappa shape index (κ2) is 5.34. The molecule has 5 heteroatoms. The van der Waals surface area contributed by atoms with Crippen LogP contribution >= 0.6 is 0 Å². The summed E-state index contributed by atoms with van der Waals surface area (Å²) in [6, 6.07) is 0.419. The van der Waals surface area contributed by atoms with E-state index in [1.54, 1.807) is 0 Å². The highest BCUT2D eigenvalue weighted by atomic mass is 16.5. The monoisotopic (exact) mass is 334 g/mol. The number of nitrogens with one attached hydrogen (secondary N) is 1. The first-order valence-electron chi connectivity index (χ1n) is 10.0. The van der Waals surface area contributed by atoms with Crippen molar-refractivity contribution in [3.8, 4) is 0 Å². The van der Waals surface area contributed by atoms with Crippen LogP contribution in [0, 0.1) is 17.3 Å². The van der Waals surface area contributed by atoms with Gasteiger partial charge in [-0.3, -0.25) is 0 Å². The molecule has 0 aromatic rings. The third-order valence-electron chi connectivity index (χ3n) is 8.03. The number of hydrogen-bond acceptors (Lipinski definition) is 3. The lowest BCUT2D eigenvalue weighted by Gasteiger charge is -2.63. The Labute approximate surface area is 144 Å². The molecule has 3 aliphatic carbocycles. The van der Waals surface area contributed by atoms with Gasteiger partial charge in [0, 0.05) is 43.0 Å². The van der Waals surface area contributed by atoms with E-state index in [1.807, 2.05) is 4.90 Å². The molecular formula is C19H30N2O3. The lowest BCUT2D eigenvalue weighted by molar-refractivity contribution is -0.173. The fourth-order valence-electron chi connectivity index (χ4n) is 6.44. The van der Waals surface area contributed by atoms with Crippen LogP contribution in [0.2, 0.25) is 0 Å². The number of urea groups is 1. The Morgan fingerprint density at radius 1 is 1.12 bits per heavy atom. The minimum Gasteiger partial charge on any atom is -0.389 e. The molecule has 24 heavy (non-hydrogen) atoms. The fraction of sp³-hybridized carbons (Fsp3) is 0.947. The zero-order valence-electron chi connectivity index (χ0n) is 14.5. The van der Waals surface area contributed by atoms with Gasteiger partial charge in [-0.2, -0.15) is 0 Å². The molecule has 0 aromatic carbocycles. The number of ether oxygens (including phenoxy) is 1. The highest BCUT2D eigenvalue weighted by Crippen LogP contribution is 2.62. The Balaban J connectivity index is 1.25. The van der Waals surface area contributed by atoms with E-state index in [1.165, 1.54) is 25.7 Å². The van der Waals surface area contributed by atoms with Crippen LogP contribution in [0.4, 0.5) is 4.79 Å². The van der Waals surface area contributed by atoms with Gasteiger partial charge in [0.25, 0.3) is 0 Å². The van der Waals surface area contributed by atoms with Crippen LogP contribution in [0.1, 0.15) is 57.8 Å². The van der Waals surface area contributed by atoms with E-state index in [0.717, 1.165) is 45.3 Å². The van der Waals surface area contributed by atoms with Gasteiger partial charge in [0.2, 0.25) is 0 Å². The Hall–Kier alpha value is -0.810. The van der Waals surface area contributed by atoms with Crippen molar-refractivity contribution in [2.24, 2.45) is 17.3 Å². The van der Waals surface area contributed by atoms with Crippen molar-refractivity contribution >= 4 is 6.03 Å². The highest BCUT2D eigenvalue weighted by molar-refractivity contribution is 5.75. The predicted octanol–water partition coefficient (Wildman–Crippen LogP) is 2.28. The summed E-state index contributed by atoms with van der Waals surface area (Å²) in [4.78, 5) is 14.9. The van der Waals surface area contributed by atoms with Gasteiger partial charge in [-0.15, -0.1) is 0 Å². The molecule has 3 saturated carbocycles. The van der Waals surface area contributed by atoms with Crippen molar-refractivity contribution in [2.75, 3.05) is 19.7 Å². The zero-order chi connectivity index (χ0) is 16.4. The second-order valence-corrected chi connectivity index (χ2v) is 9.00. The number of hydrogen-bond donors (Lipinski definition) is 2. The molecule has 5 aliphatic rings. The van der Waals surface area contributed by atoms with Gasteiger partial charge in [-0.05, 0) is 38.5 Å². The summed E-state index contributed by atoms with van der Waals surface area (Å²) in [5.41, 5.74) is -0.261. The van der Waals surface area contributed by atoms with Gasteiger partial charge in [-0.1, -0.05) is 19.3 Å². The van der Waals surface area contributed by atoms with Gasteiger partial charge >= 0.3 is 6.03 Å². The standard InChI is InChI=1S/C19H30N2O3/c22-17(21-10-9-19(23)8-2-1-4-13(19)12-21)20-15-14-5-11-24-16(14)18(15)6-3-7-18/h13-16,23H,1-12H2,(H,20,22). The van der Waals surface area contributed by atoms with Crippen molar-refractivity contribution in [3.63, 3.8) is 0 Å². The molecule has 5 rings (SSSR count). The topological polar surface area (TPSA) is 61.8 Å². The maximum absolute atomic E-state index is 12.9. The van der Waals surface area contributed by atoms with Gasteiger partial charge in [0.15, 0.2) is 0 Å². The first-order chi connectivity index (χ1) is 11.6. The van der Waals surface area contributed by atoms with Gasteiger partial charge in [0.05, 0.1) is 11.7 Å². The summed E-state index contributed by atoms with van der Waals surface area (Å²) < 4.78 is 5.95. The van der Waals surface area contributed by atoms with Crippen LogP contribution in [0.3, 0.4) is 0 Å². The first-order valence-corrected chi connectivity index (χ1v) is 10.0. The predicted molar refractivity (Wildman–Crippen MR) is 89.5 cm³/mol. The Bertz CT molecular complexity index is 535. The summed E-state index contributed by atoms with van der Waals surface area (Å²) in [6.07, 6.45) is 10.2. The first kappa shape index (κ1) is 15.4. The molecule has 134 valence electrons. The molecular weight excluding hydrogens is 304 g/mol. The van der Waals surface area contributed by atoms with Gasteiger partial charge in [-0.25, -0.2) is 4.79 Å². The third-order valence-corrected chi connectivity index (χ3v) is 8.03. The molecule has 0 aromatic heterocycles. The van der Waals surface area contributed by atoms with Gasteiger partial charge in [0.1, 0.15) is 0 Å². The molecule has 5 fully saturated rings. The van der Waals surface area contributed by atoms with E-state index in [9.17, 15) is 9.90 Å². The van der Waals surface area contributed by atoms with Crippen LogP contribution in [0.15, 0.2) is 0 Å². The van der Waals surface area contributed by atoms with Gasteiger partial charge < -0.3 is 20.1 Å². The molecule has 2 N–H and O–H groups in total. The normalized spacial score (nSPS) is 45.8. The van der Waals surface area contributed by atoms with Crippen LogP contribution in [-0.4, -0.2) is 53.5 Å². The van der Waals surface area contributed by atoms with Crippen molar-refractivity contribution in [3.05, 3.63) is 0 Å². The molecule has 0 radical (unpaired) electrons. The third kappa shape index (κ3) is 2.03. The molecule has 5 atom stereocenters. The van der Waals surface area contributed by atoms with Crippen molar-refractivity contribution in [1.29, 1.82) is 0 Å². The minimum absolute atomic E-state index is 0.101. The maximum Gasteiger partial charge on any atom is 0.317 e. The average Bonchev–Trinajstić information content (AvgIpc) is 2.95. The number of carbonyl (C=O) groups is 1. The summed E-state index contributed by atoms with van der Waals surface area (Å²) in [5, 5.41) is 14.2. The number of rotatable bonds is 1. The minimum atomic E-state index is -0.509. The zero-order valence-corrected chi connectivity index (χ0v) is 14.5. The van der Waals surface area contributed by atoms with Crippen molar-refractivity contribution < 1.29 is 14.6 Å². The number of amides is 2. The number of fused-ring (bicyclic) bond motifs is 3.